The van der Waals surface area contributed by atoms with Crippen LogP contribution in [0.3, 0.4) is 0 Å². The van der Waals surface area contributed by atoms with Gasteiger partial charge in [0, 0.05) is 24.2 Å². The number of aromatic nitrogens is 1. The second-order valence-electron chi connectivity index (χ2n) is 8.43. The number of rotatable bonds is 7. The fraction of sp³-hybridized carbons (Fsp3) is 0.346. The van der Waals surface area contributed by atoms with E-state index in [2.05, 4.69) is 5.32 Å². The number of nitrogens with zero attached hydrogens (tertiary/aromatic N) is 1. The predicted molar refractivity (Wildman–Crippen MR) is 127 cm³/mol. The molecular weight excluding hydrogens is 420 g/mol. The fourth-order valence-electron chi connectivity index (χ4n) is 4.58. The van der Waals surface area contributed by atoms with Crippen LogP contribution in [0.2, 0.25) is 0 Å². The van der Waals surface area contributed by atoms with E-state index in [4.69, 9.17) is 9.47 Å². The van der Waals surface area contributed by atoms with E-state index in [0.29, 0.717) is 46.8 Å². The van der Waals surface area contributed by atoms with Crippen LogP contribution in [-0.4, -0.2) is 30.7 Å². The van der Waals surface area contributed by atoms with Gasteiger partial charge in [0.25, 0.3) is 0 Å². The van der Waals surface area contributed by atoms with Gasteiger partial charge in [-0.1, -0.05) is 25.0 Å². The molecule has 0 bridgehead atoms. The van der Waals surface area contributed by atoms with E-state index in [1.54, 1.807) is 31.5 Å². The second kappa shape index (κ2) is 9.90. The molecule has 1 N–H and O–H groups in total. The number of anilines is 1. The molecule has 33 heavy (non-hydrogen) atoms. The van der Waals surface area contributed by atoms with Crippen molar-refractivity contribution in [3.8, 4) is 5.75 Å². The predicted octanol–water partition coefficient (Wildman–Crippen LogP) is 4.36. The van der Waals surface area contributed by atoms with Crippen molar-refractivity contribution in [3.63, 3.8) is 0 Å². The molecule has 0 aliphatic heterocycles. The topological polar surface area (TPSA) is 86.6 Å². The number of amides is 1. The van der Waals surface area contributed by atoms with Crippen LogP contribution in [0.5, 0.6) is 5.75 Å². The smallest absolute Gasteiger partial charge is 0.337 e. The summed E-state index contributed by atoms with van der Waals surface area (Å²) < 4.78 is 12.2. The first-order chi connectivity index (χ1) is 16.0. The number of ether oxygens (including phenoxy) is 2. The number of carbonyl (C=O) groups is 2. The summed E-state index contributed by atoms with van der Waals surface area (Å²) in [6.07, 6.45) is 6.75. The molecule has 1 heterocycles. The van der Waals surface area contributed by atoms with Gasteiger partial charge in [0.1, 0.15) is 5.75 Å². The van der Waals surface area contributed by atoms with E-state index in [1.165, 1.54) is 26.0 Å². The number of carbonyl (C=O) groups excluding carboxylic acids is 2. The van der Waals surface area contributed by atoms with E-state index < -0.39 is 5.97 Å². The summed E-state index contributed by atoms with van der Waals surface area (Å²) in [4.78, 5) is 37.2. The maximum Gasteiger partial charge on any atom is 0.337 e. The van der Waals surface area contributed by atoms with Crippen LogP contribution in [-0.2, 0) is 16.1 Å². The highest BCUT2D eigenvalue weighted by Crippen LogP contribution is 2.29. The van der Waals surface area contributed by atoms with Crippen LogP contribution in [0, 0.1) is 5.92 Å². The SMILES string of the molecule is COC(=O)c1ccc(Cn2ccc(=O)c3c(NC(=O)CC4CCCC4)cccc32)c(OC)c1. The Kier molecular flexibility index (Phi) is 6.77. The number of hydrogen-bond acceptors (Lipinski definition) is 5. The van der Waals surface area contributed by atoms with Crippen LogP contribution >= 0.6 is 0 Å². The van der Waals surface area contributed by atoms with E-state index in [0.717, 1.165) is 18.4 Å². The van der Waals surface area contributed by atoms with E-state index in [1.807, 2.05) is 22.8 Å². The van der Waals surface area contributed by atoms with Gasteiger partial charge in [-0.3, -0.25) is 9.59 Å². The van der Waals surface area contributed by atoms with Crippen molar-refractivity contribution < 1.29 is 19.1 Å². The van der Waals surface area contributed by atoms with Gasteiger partial charge in [-0.15, -0.1) is 0 Å². The Morgan fingerprint density at radius 2 is 1.88 bits per heavy atom. The Morgan fingerprint density at radius 3 is 2.61 bits per heavy atom. The number of methoxy groups -OCH3 is 2. The van der Waals surface area contributed by atoms with E-state index >= 15 is 0 Å². The summed E-state index contributed by atoms with van der Waals surface area (Å²) in [6.45, 7) is 0.418. The molecule has 1 amide bonds. The molecule has 7 heteroatoms. The lowest BCUT2D eigenvalue weighted by Crippen LogP contribution is -2.18. The Balaban J connectivity index is 1.65. The summed E-state index contributed by atoms with van der Waals surface area (Å²) in [7, 11) is 2.88. The molecule has 1 aromatic heterocycles. The minimum Gasteiger partial charge on any atom is -0.496 e. The van der Waals surface area contributed by atoms with Crippen molar-refractivity contribution in [1.29, 1.82) is 0 Å². The molecule has 1 aliphatic carbocycles. The van der Waals surface area contributed by atoms with Crippen LogP contribution in [0.4, 0.5) is 5.69 Å². The molecule has 7 nitrogen and oxygen atoms in total. The van der Waals surface area contributed by atoms with Gasteiger partial charge in [0.05, 0.1) is 42.9 Å². The minimum absolute atomic E-state index is 0.0516. The molecule has 1 saturated carbocycles. The van der Waals surface area contributed by atoms with E-state index in [9.17, 15) is 14.4 Å². The molecule has 0 unspecified atom stereocenters. The summed E-state index contributed by atoms with van der Waals surface area (Å²) in [6, 6.07) is 12.1. The Labute approximate surface area is 192 Å². The highest BCUT2D eigenvalue weighted by molar-refractivity contribution is 6.01. The maximum absolute atomic E-state index is 12.8. The minimum atomic E-state index is -0.438. The third kappa shape index (κ3) is 4.92. The average Bonchev–Trinajstić information content (AvgIpc) is 3.33. The third-order valence-corrected chi connectivity index (χ3v) is 6.28. The normalized spacial score (nSPS) is 13.8. The molecule has 2 aromatic carbocycles. The fourth-order valence-corrected chi connectivity index (χ4v) is 4.58. The molecule has 0 atom stereocenters. The first-order valence-electron chi connectivity index (χ1n) is 11.2. The number of benzene rings is 2. The average molecular weight is 449 g/mol. The molecule has 4 rings (SSSR count). The van der Waals surface area contributed by atoms with Crippen LogP contribution in [0.15, 0.2) is 53.5 Å². The molecule has 1 fully saturated rings. The number of pyridine rings is 1. The number of esters is 1. The van der Waals surface area contributed by atoms with Gasteiger partial charge in [0.2, 0.25) is 5.91 Å². The molecule has 1 aliphatic rings. The van der Waals surface area contributed by atoms with Gasteiger partial charge in [0.15, 0.2) is 5.43 Å². The zero-order valence-electron chi connectivity index (χ0n) is 18.9. The van der Waals surface area contributed by atoms with Gasteiger partial charge in [-0.25, -0.2) is 4.79 Å². The van der Waals surface area contributed by atoms with Gasteiger partial charge in [-0.2, -0.15) is 0 Å². The quantitative estimate of drug-likeness (QED) is 0.543. The van der Waals surface area contributed by atoms with Gasteiger partial charge >= 0.3 is 5.97 Å². The summed E-state index contributed by atoms with van der Waals surface area (Å²) in [5.74, 6) is 0.485. The Morgan fingerprint density at radius 1 is 1.09 bits per heavy atom. The largest absolute Gasteiger partial charge is 0.496 e. The van der Waals surface area contributed by atoms with Crippen molar-refractivity contribution in [2.24, 2.45) is 5.92 Å². The van der Waals surface area contributed by atoms with Crippen molar-refractivity contribution >= 4 is 28.5 Å². The van der Waals surface area contributed by atoms with Crippen molar-refractivity contribution in [2.45, 2.75) is 38.6 Å². The molecule has 3 aromatic rings. The van der Waals surface area contributed by atoms with Gasteiger partial charge < -0.3 is 19.4 Å². The van der Waals surface area contributed by atoms with Crippen molar-refractivity contribution in [1.82, 2.24) is 4.57 Å². The Bertz CT molecular complexity index is 1240. The summed E-state index contributed by atoms with van der Waals surface area (Å²) in [5.41, 5.74) is 2.33. The van der Waals surface area contributed by atoms with Crippen molar-refractivity contribution in [2.75, 3.05) is 19.5 Å². The number of fused-ring (bicyclic) bond motifs is 1. The number of hydrogen-bond donors (Lipinski definition) is 1. The lowest BCUT2D eigenvalue weighted by atomic mass is 10.0. The van der Waals surface area contributed by atoms with E-state index in [-0.39, 0.29) is 11.3 Å². The highest BCUT2D eigenvalue weighted by atomic mass is 16.5. The maximum atomic E-state index is 12.8. The standard InChI is InChI=1S/C26H28N2O5/c1-32-23-15-18(26(31)33-2)10-11-19(23)16-28-13-12-22(29)25-20(8-5-9-21(25)28)27-24(30)14-17-6-3-4-7-17/h5,8-13,15,17H,3-4,6-7,14,16H2,1-2H3,(H,27,30). The zero-order chi connectivity index (χ0) is 23.4. The zero-order valence-corrected chi connectivity index (χ0v) is 18.9. The lowest BCUT2D eigenvalue weighted by Gasteiger charge is -2.16. The molecule has 0 saturated heterocycles. The molecule has 0 spiro atoms. The molecular formula is C26H28N2O5. The summed E-state index contributed by atoms with van der Waals surface area (Å²) in [5, 5.41) is 3.44. The van der Waals surface area contributed by atoms with Gasteiger partial charge in [-0.05, 0) is 43.0 Å². The van der Waals surface area contributed by atoms with Crippen LogP contribution < -0.4 is 15.5 Å². The second-order valence-corrected chi connectivity index (χ2v) is 8.43. The Hall–Kier alpha value is -3.61. The summed E-state index contributed by atoms with van der Waals surface area (Å²) >= 11 is 0. The lowest BCUT2D eigenvalue weighted by molar-refractivity contribution is -0.117. The number of nitrogens with one attached hydrogen (secondary N) is 1. The third-order valence-electron chi connectivity index (χ3n) is 6.28. The van der Waals surface area contributed by atoms with Crippen LogP contribution in [0.25, 0.3) is 10.9 Å². The monoisotopic (exact) mass is 448 g/mol. The highest BCUT2D eigenvalue weighted by Gasteiger charge is 2.19. The molecule has 172 valence electrons. The first kappa shape index (κ1) is 22.6. The van der Waals surface area contributed by atoms with Crippen LogP contribution in [0.1, 0.15) is 48.0 Å². The first-order valence-corrected chi connectivity index (χ1v) is 11.2. The van der Waals surface area contributed by atoms with Crippen molar-refractivity contribution in [3.05, 3.63) is 70.0 Å². The molecule has 0 radical (unpaired) electrons.